The van der Waals surface area contributed by atoms with Crippen LogP contribution in [0.3, 0.4) is 0 Å². The van der Waals surface area contributed by atoms with Gasteiger partial charge in [0.25, 0.3) is 0 Å². The van der Waals surface area contributed by atoms with Crippen molar-refractivity contribution in [2.24, 2.45) is 0 Å². The van der Waals surface area contributed by atoms with E-state index in [4.69, 9.17) is 0 Å². The molecule has 1 heterocycles. The zero-order valence-electron chi connectivity index (χ0n) is 10.9. The Kier molecular flexibility index (Phi) is 2.63. The molecule has 2 fully saturated rings. The molecule has 0 aromatic carbocycles. The molecule has 2 atom stereocenters. The van der Waals surface area contributed by atoms with Crippen LogP contribution in [0.25, 0.3) is 0 Å². The van der Waals surface area contributed by atoms with E-state index in [0.29, 0.717) is 17.1 Å². The molecule has 0 radical (unpaired) electrons. The summed E-state index contributed by atoms with van der Waals surface area (Å²) in [6.45, 7) is 12.8. The molecule has 15 heavy (non-hydrogen) atoms. The van der Waals surface area contributed by atoms with E-state index < -0.39 is 0 Å². The van der Waals surface area contributed by atoms with E-state index in [2.05, 4.69) is 44.8 Å². The number of fused-ring (bicyclic) bond motifs is 2. The van der Waals surface area contributed by atoms with Gasteiger partial charge in [0.15, 0.2) is 0 Å². The van der Waals surface area contributed by atoms with Crippen LogP contribution in [0.4, 0.5) is 0 Å². The summed E-state index contributed by atoms with van der Waals surface area (Å²) in [5, 5.41) is 3.81. The number of nitrogens with zero attached hydrogens (tertiary/aromatic N) is 1. The number of piperidine rings is 1. The number of hydrogen-bond donors (Lipinski definition) is 1. The minimum absolute atomic E-state index is 0.339. The second kappa shape index (κ2) is 3.46. The van der Waals surface area contributed by atoms with Gasteiger partial charge in [-0.2, -0.15) is 0 Å². The Bertz CT molecular complexity index is 241. The number of rotatable bonds is 2. The molecule has 1 saturated heterocycles. The highest BCUT2D eigenvalue weighted by atomic mass is 15.3. The van der Waals surface area contributed by atoms with Crippen LogP contribution in [0, 0.1) is 0 Å². The first kappa shape index (κ1) is 11.4. The molecular weight excluding hydrogens is 184 g/mol. The van der Waals surface area contributed by atoms with Crippen LogP contribution in [0.15, 0.2) is 0 Å². The third kappa shape index (κ3) is 2.07. The molecule has 2 nitrogen and oxygen atoms in total. The van der Waals surface area contributed by atoms with Crippen molar-refractivity contribution < 1.29 is 0 Å². The van der Waals surface area contributed by atoms with Crippen molar-refractivity contribution in [1.82, 2.24) is 10.2 Å². The first-order valence-electron chi connectivity index (χ1n) is 6.37. The Balaban J connectivity index is 2.08. The molecule has 1 N–H and O–H groups in total. The average molecular weight is 210 g/mol. The van der Waals surface area contributed by atoms with Crippen LogP contribution < -0.4 is 5.32 Å². The molecule has 0 amide bonds. The highest BCUT2D eigenvalue weighted by Crippen LogP contribution is 2.44. The summed E-state index contributed by atoms with van der Waals surface area (Å²) in [5.74, 6) is 0. The van der Waals surface area contributed by atoms with Crippen molar-refractivity contribution in [3.63, 3.8) is 0 Å². The van der Waals surface area contributed by atoms with Crippen molar-refractivity contribution in [2.75, 3.05) is 6.54 Å². The second-order valence-electron chi connectivity index (χ2n) is 6.77. The van der Waals surface area contributed by atoms with Crippen LogP contribution in [0.2, 0.25) is 0 Å². The van der Waals surface area contributed by atoms with E-state index >= 15 is 0 Å². The fraction of sp³-hybridized carbons (Fsp3) is 1.00. The van der Waals surface area contributed by atoms with E-state index in [-0.39, 0.29) is 0 Å². The topological polar surface area (TPSA) is 15.3 Å². The van der Waals surface area contributed by atoms with Crippen LogP contribution in [0.1, 0.15) is 53.9 Å². The van der Waals surface area contributed by atoms with Crippen LogP contribution in [0.5, 0.6) is 0 Å². The Hall–Kier alpha value is -0.0800. The summed E-state index contributed by atoms with van der Waals surface area (Å²) in [4.78, 5) is 2.70. The molecule has 1 aliphatic heterocycles. The highest BCUT2D eigenvalue weighted by molar-refractivity contribution is 5.11. The molecule has 2 rings (SSSR count). The molecule has 2 aliphatic rings. The minimum atomic E-state index is 0.339. The fourth-order valence-corrected chi connectivity index (χ4v) is 3.54. The minimum Gasteiger partial charge on any atom is -0.308 e. The Morgan fingerprint density at radius 3 is 2.47 bits per heavy atom. The third-order valence-electron chi connectivity index (χ3n) is 3.95. The number of hydrogen-bond acceptors (Lipinski definition) is 2. The zero-order chi connectivity index (χ0) is 11.3. The van der Waals surface area contributed by atoms with E-state index in [9.17, 15) is 0 Å². The van der Waals surface area contributed by atoms with E-state index in [1.807, 2.05) is 0 Å². The second-order valence-corrected chi connectivity index (χ2v) is 6.77. The standard InChI is InChI=1S/C13H26N2/c1-10(2)14-13-7-6-11(8-13)15(9-13)12(3,4)5/h10-11,14H,6-9H2,1-5H3. The molecule has 2 heteroatoms. The van der Waals surface area contributed by atoms with Gasteiger partial charge in [0, 0.05) is 29.7 Å². The Morgan fingerprint density at radius 1 is 1.33 bits per heavy atom. The molecule has 0 spiro atoms. The van der Waals surface area contributed by atoms with Gasteiger partial charge >= 0.3 is 0 Å². The summed E-state index contributed by atoms with van der Waals surface area (Å²) in [7, 11) is 0. The lowest BCUT2D eigenvalue weighted by Crippen LogP contribution is -2.54. The lowest BCUT2D eigenvalue weighted by molar-refractivity contribution is 0.0847. The molecule has 0 aromatic heterocycles. The van der Waals surface area contributed by atoms with Gasteiger partial charge in [-0.25, -0.2) is 0 Å². The van der Waals surface area contributed by atoms with Crippen molar-refractivity contribution in [2.45, 2.75) is 77.0 Å². The van der Waals surface area contributed by atoms with Crippen molar-refractivity contribution in [3.05, 3.63) is 0 Å². The van der Waals surface area contributed by atoms with Gasteiger partial charge in [0.2, 0.25) is 0 Å². The Labute approximate surface area is 94.4 Å². The van der Waals surface area contributed by atoms with E-state index in [1.165, 1.54) is 25.8 Å². The van der Waals surface area contributed by atoms with Gasteiger partial charge in [0.05, 0.1) is 0 Å². The summed E-state index contributed by atoms with van der Waals surface area (Å²) >= 11 is 0. The maximum Gasteiger partial charge on any atom is 0.0326 e. The third-order valence-corrected chi connectivity index (χ3v) is 3.95. The smallest absolute Gasteiger partial charge is 0.0326 e. The molecule has 2 unspecified atom stereocenters. The first-order chi connectivity index (χ1) is 6.82. The van der Waals surface area contributed by atoms with Crippen molar-refractivity contribution in [3.8, 4) is 0 Å². The van der Waals surface area contributed by atoms with E-state index in [1.54, 1.807) is 0 Å². The molecule has 1 saturated carbocycles. The molecular formula is C13H26N2. The van der Waals surface area contributed by atoms with Crippen LogP contribution >= 0.6 is 0 Å². The summed E-state index contributed by atoms with van der Waals surface area (Å²) < 4.78 is 0. The summed E-state index contributed by atoms with van der Waals surface area (Å²) in [6, 6.07) is 1.44. The fourth-order valence-electron chi connectivity index (χ4n) is 3.54. The SMILES string of the molecule is CC(C)NC12CCC(C1)N(C(C)(C)C)C2. The van der Waals surface area contributed by atoms with Gasteiger partial charge in [-0.1, -0.05) is 13.8 Å². The molecule has 0 aromatic rings. The summed E-state index contributed by atoms with van der Waals surface area (Å²) in [5.41, 5.74) is 0.775. The van der Waals surface area contributed by atoms with E-state index in [0.717, 1.165) is 6.04 Å². The quantitative estimate of drug-likeness (QED) is 0.753. The van der Waals surface area contributed by atoms with Gasteiger partial charge in [-0.05, 0) is 40.0 Å². The normalized spacial score (nSPS) is 36.8. The van der Waals surface area contributed by atoms with Gasteiger partial charge in [-0.15, -0.1) is 0 Å². The maximum absolute atomic E-state index is 3.81. The average Bonchev–Trinajstić information content (AvgIpc) is 2.57. The predicted molar refractivity (Wildman–Crippen MR) is 65.1 cm³/mol. The maximum atomic E-state index is 3.81. The predicted octanol–water partition coefficient (Wildman–Crippen LogP) is 2.39. The highest BCUT2D eigenvalue weighted by Gasteiger charge is 2.51. The van der Waals surface area contributed by atoms with Crippen molar-refractivity contribution in [1.29, 1.82) is 0 Å². The van der Waals surface area contributed by atoms with Gasteiger partial charge in [-0.3, -0.25) is 4.90 Å². The zero-order valence-corrected chi connectivity index (χ0v) is 10.9. The Morgan fingerprint density at radius 2 is 2.00 bits per heavy atom. The molecule has 88 valence electrons. The molecule has 1 aliphatic carbocycles. The number of nitrogens with one attached hydrogen (secondary N) is 1. The first-order valence-corrected chi connectivity index (χ1v) is 6.37. The van der Waals surface area contributed by atoms with Crippen LogP contribution in [-0.4, -0.2) is 34.6 Å². The van der Waals surface area contributed by atoms with Gasteiger partial charge < -0.3 is 5.32 Å². The lowest BCUT2D eigenvalue weighted by Gasteiger charge is -2.42. The monoisotopic (exact) mass is 210 g/mol. The van der Waals surface area contributed by atoms with Gasteiger partial charge in [0.1, 0.15) is 0 Å². The largest absolute Gasteiger partial charge is 0.308 e. The van der Waals surface area contributed by atoms with Crippen molar-refractivity contribution >= 4 is 0 Å². The molecule has 2 bridgehead atoms. The summed E-state index contributed by atoms with van der Waals surface area (Å²) in [6.07, 6.45) is 4.13. The van der Waals surface area contributed by atoms with Crippen LogP contribution in [-0.2, 0) is 0 Å². The number of likely N-dealkylation sites (tertiary alicyclic amines) is 1. The lowest BCUT2D eigenvalue weighted by atomic mass is 9.95.